The topological polar surface area (TPSA) is 54.9 Å². The highest BCUT2D eigenvalue weighted by molar-refractivity contribution is 7.07. The van der Waals surface area contributed by atoms with Gasteiger partial charge in [0.2, 0.25) is 0 Å². The van der Waals surface area contributed by atoms with Crippen molar-refractivity contribution in [2.24, 2.45) is 5.92 Å². The van der Waals surface area contributed by atoms with Crippen molar-refractivity contribution in [2.45, 2.75) is 19.9 Å². The van der Waals surface area contributed by atoms with Crippen molar-refractivity contribution in [1.29, 1.82) is 0 Å². The molecule has 14 heavy (non-hydrogen) atoms. The number of nitrogens with zero attached hydrogens (tertiary/aromatic N) is 2. The van der Waals surface area contributed by atoms with E-state index in [1.165, 1.54) is 6.20 Å². The van der Waals surface area contributed by atoms with Gasteiger partial charge in [-0.05, 0) is 24.4 Å². The van der Waals surface area contributed by atoms with Gasteiger partial charge >= 0.3 is 0 Å². The van der Waals surface area contributed by atoms with Gasteiger partial charge < -0.3 is 5.32 Å². The van der Waals surface area contributed by atoms with Gasteiger partial charge in [-0.1, -0.05) is 11.4 Å². The molecule has 0 saturated carbocycles. The summed E-state index contributed by atoms with van der Waals surface area (Å²) in [6.45, 7) is 3.92. The van der Waals surface area contributed by atoms with Crippen LogP contribution in [0.15, 0.2) is 6.20 Å². The van der Waals surface area contributed by atoms with E-state index in [1.54, 1.807) is 0 Å². The maximum Gasteiger partial charge on any atom is 0.264 e. The molecule has 6 heteroatoms. The highest BCUT2D eigenvalue weighted by atomic mass is 35.5. The molecule has 0 aliphatic carbocycles. The first kappa shape index (κ1) is 11.4. The lowest BCUT2D eigenvalue weighted by atomic mass is 10.1. The Kier molecular flexibility index (Phi) is 4.28. The average Bonchev–Trinajstić information content (AvgIpc) is 2.69. The summed E-state index contributed by atoms with van der Waals surface area (Å²) < 4.78 is 3.62. The summed E-state index contributed by atoms with van der Waals surface area (Å²) in [5.74, 6) is 0.647. The number of hydrogen-bond acceptors (Lipinski definition) is 4. The monoisotopic (exact) mass is 233 g/mol. The van der Waals surface area contributed by atoms with Crippen LogP contribution in [0.25, 0.3) is 0 Å². The summed E-state index contributed by atoms with van der Waals surface area (Å²) in [5, 5.41) is 6.44. The normalized spacial score (nSPS) is 14.8. The number of hydrogen-bond donors (Lipinski definition) is 1. The van der Waals surface area contributed by atoms with E-state index in [9.17, 15) is 4.79 Å². The van der Waals surface area contributed by atoms with E-state index in [2.05, 4.69) is 14.9 Å². The largest absolute Gasteiger partial charge is 0.348 e. The third-order valence-electron chi connectivity index (χ3n) is 2.04. The molecule has 0 fully saturated rings. The van der Waals surface area contributed by atoms with Gasteiger partial charge in [-0.3, -0.25) is 4.79 Å². The number of rotatable bonds is 4. The summed E-state index contributed by atoms with van der Waals surface area (Å²) in [6, 6.07) is 0.0575. The number of aromatic nitrogens is 2. The summed E-state index contributed by atoms with van der Waals surface area (Å²) in [4.78, 5) is 12.0. The van der Waals surface area contributed by atoms with Crippen LogP contribution in [0.2, 0.25) is 0 Å². The van der Waals surface area contributed by atoms with E-state index in [-0.39, 0.29) is 17.9 Å². The molecule has 1 N–H and O–H groups in total. The smallest absolute Gasteiger partial charge is 0.264 e. The van der Waals surface area contributed by atoms with E-state index in [0.717, 1.165) is 11.5 Å². The number of amides is 1. The van der Waals surface area contributed by atoms with Crippen molar-refractivity contribution >= 4 is 29.0 Å². The summed E-state index contributed by atoms with van der Waals surface area (Å²) >= 11 is 6.77. The lowest BCUT2D eigenvalue weighted by Crippen LogP contribution is -2.37. The molecule has 0 aromatic carbocycles. The van der Waals surface area contributed by atoms with Crippen LogP contribution in [0.1, 0.15) is 23.5 Å². The Morgan fingerprint density at radius 2 is 2.43 bits per heavy atom. The van der Waals surface area contributed by atoms with Crippen LogP contribution in [0.5, 0.6) is 0 Å². The first-order valence-corrected chi connectivity index (χ1v) is 5.60. The van der Waals surface area contributed by atoms with Crippen LogP contribution in [0, 0.1) is 5.92 Å². The second kappa shape index (κ2) is 5.26. The molecular formula is C8H12ClN3OS. The Hall–Kier alpha value is -0.680. The lowest BCUT2D eigenvalue weighted by Gasteiger charge is -2.18. The predicted octanol–water partition coefficient (Wildman–Crippen LogP) is 1.53. The highest BCUT2D eigenvalue weighted by Gasteiger charge is 2.16. The quantitative estimate of drug-likeness (QED) is 0.803. The second-order valence-electron chi connectivity index (χ2n) is 3.18. The number of carbonyl (C=O) groups is 1. The fourth-order valence-corrected chi connectivity index (χ4v) is 1.51. The summed E-state index contributed by atoms with van der Waals surface area (Å²) in [6.07, 6.45) is 1.46. The fourth-order valence-electron chi connectivity index (χ4n) is 0.821. The number of carbonyl (C=O) groups excluding carboxylic acids is 1. The molecule has 0 aliphatic heterocycles. The molecule has 2 unspecified atom stereocenters. The van der Waals surface area contributed by atoms with Gasteiger partial charge in [0, 0.05) is 11.9 Å². The minimum Gasteiger partial charge on any atom is -0.348 e. The third-order valence-corrected chi connectivity index (χ3v) is 3.19. The molecule has 1 heterocycles. The van der Waals surface area contributed by atoms with Crippen molar-refractivity contribution in [2.75, 3.05) is 5.88 Å². The van der Waals surface area contributed by atoms with Crippen molar-refractivity contribution in [1.82, 2.24) is 14.9 Å². The highest BCUT2D eigenvalue weighted by Crippen LogP contribution is 2.07. The van der Waals surface area contributed by atoms with Crippen LogP contribution in [-0.4, -0.2) is 27.4 Å². The Bertz CT molecular complexity index is 291. The van der Waals surface area contributed by atoms with Crippen molar-refractivity contribution in [3.63, 3.8) is 0 Å². The van der Waals surface area contributed by atoms with E-state index < -0.39 is 0 Å². The van der Waals surface area contributed by atoms with Crippen molar-refractivity contribution < 1.29 is 4.79 Å². The van der Waals surface area contributed by atoms with Gasteiger partial charge in [0.05, 0.1) is 6.20 Å². The molecule has 0 spiro atoms. The lowest BCUT2D eigenvalue weighted by molar-refractivity contribution is 0.0935. The molecule has 0 saturated heterocycles. The third kappa shape index (κ3) is 2.92. The van der Waals surface area contributed by atoms with Gasteiger partial charge in [0.15, 0.2) is 0 Å². The minimum atomic E-state index is -0.135. The molecule has 2 atom stereocenters. The van der Waals surface area contributed by atoms with Gasteiger partial charge in [0.1, 0.15) is 4.88 Å². The molecule has 1 rings (SSSR count). The Labute approximate surface area is 91.8 Å². The molecule has 0 aliphatic rings. The summed E-state index contributed by atoms with van der Waals surface area (Å²) in [5.41, 5.74) is 0. The molecule has 0 bridgehead atoms. The first-order valence-electron chi connectivity index (χ1n) is 4.29. The molecule has 0 radical (unpaired) electrons. The molecule has 78 valence electrons. The Morgan fingerprint density at radius 1 is 1.71 bits per heavy atom. The molecule has 1 amide bonds. The van der Waals surface area contributed by atoms with E-state index >= 15 is 0 Å². The minimum absolute atomic E-state index is 0.0575. The molecule has 1 aromatic heterocycles. The van der Waals surface area contributed by atoms with Crippen LogP contribution in [0.3, 0.4) is 0 Å². The maximum atomic E-state index is 11.5. The van der Waals surface area contributed by atoms with E-state index in [0.29, 0.717) is 10.8 Å². The van der Waals surface area contributed by atoms with Gasteiger partial charge in [-0.25, -0.2) is 0 Å². The average molecular weight is 234 g/mol. The molecular weight excluding hydrogens is 222 g/mol. The maximum absolute atomic E-state index is 11.5. The van der Waals surface area contributed by atoms with Crippen LogP contribution >= 0.6 is 23.1 Å². The zero-order valence-electron chi connectivity index (χ0n) is 8.03. The molecule has 1 aromatic rings. The number of nitrogens with one attached hydrogen (secondary N) is 1. The van der Waals surface area contributed by atoms with Gasteiger partial charge in [0.25, 0.3) is 5.91 Å². The summed E-state index contributed by atoms with van der Waals surface area (Å²) in [7, 11) is 0. The van der Waals surface area contributed by atoms with Crippen LogP contribution in [-0.2, 0) is 0 Å². The van der Waals surface area contributed by atoms with Crippen molar-refractivity contribution in [3.8, 4) is 0 Å². The van der Waals surface area contributed by atoms with Crippen LogP contribution < -0.4 is 5.32 Å². The Morgan fingerprint density at radius 3 is 2.93 bits per heavy atom. The van der Waals surface area contributed by atoms with E-state index in [4.69, 9.17) is 11.6 Å². The zero-order valence-corrected chi connectivity index (χ0v) is 9.60. The fraction of sp³-hybridized carbons (Fsp3) is 0.625. The first-order chi connectivity index (χ1) is 6.65. The SMILES string of the molecule is CC(CCl)C(C)NC(=O)c1cnns1. The van der Waals surface area contributed by atoms with E-state index in [1.807, 2.05) is 13.8 Å². The van der Waals surface area contributed by atoms with Crippen molar-refractivity contribution in [3.05, 3.63) is 11.1 Å². The van der Waals surface area contributed by atoms with Crippen LogP contribution in [0.4, 0.5) is 0 Å². The number of halogens is 1. The standard InChI is InChI=1S/C8H12ClN3OS/c1-5(3-9)6(2)11-8(13)7-4-10-12-14-7/h4-6H,3H2,1-2H3,(H,11,13). The van der Waals surface area contributed by atoms with Gasteiger partial charge in [-0.15, -0.1) is 16.7 Å². The zero-order chi connectivity index (χ0) is 10.6. The second-order valence-corrected chi connectivity index (χ2v) is 4.27. The molecule has 4 nitrogen and oxygen atoms in total. The predicted molar refractivity (Wildman–Crippen MR) is 56.7 cm³/mol. The Balaban J connectivity index is 2.49. The van der Waals surface area contributed by atoms with Gasteiger partial charge in [-0.2, -0.15) is 0 Å². The number of alkyl halides is 1.